The molecule has 5 nitrogen and oxygen atoms in total. The summed E-state index contributed by atoms with van der Waals surface area (Å²) in [7, 11) is 1.53. The van der Waals surface area contributed by atoms with Gasteiger partial charge in [-0.3, -0.25) is 4.79 Å². The summed E-state index contributed by atoms with van der Waals surface area (Å²) in [6.45, 7) is 1.95. The summed E-state index contributed by atoms with van der Waals surface area (Å²) in [4.78, 5) is 14.5. The van der Waals surface area contributed by atoms with Gasteiger partial charge in [-0.1, -0.05) is 36.4 Å². The number of nitrogens with one attached hydrogen (secondary N) is 1. The third-order valence-corrected chi connectivity index (χ3v) is 4.30. The van der Waals surface area contributed by atoms with E-state index in [1.54, 1.807) is 0 Å². The lowest BCUT2D eigenvalue weighted by atomic mass is 10.1. The molecule has 1 unspecified atom stereocenters. The first-order valence-corrected chi connectivity index (χ1v) is 8.15. The van der Waals surface area contributed by atoms with Gasteiger partial charge >= 0.3 is 0 Å². The number of fused-ring (bicyclic) bond motifs is 1. The Morgan fingerprint density at radius 3 is 2.65 bits per heavy atom. The molecule has 0 spiro atoms. The summed E-state index contributed by atoms with van der Waals surface area (Å²) in [6, 6.07) is 15.6. The summed E-state index contributed by atoms with van der Waals surface area (Å²) < 4.78 is 4.95. The van der Waals surface area contributed by atoms with E-state index in [1.807, 2.05) is 24.3 Å². The van der Waals surface area contributed by atoms with Crippen LogP contribution in [0.5, 0.6) is 0 Å². The highest BCUT2D eigenvalue weighted by Crippen LogP contribution is 2.30. The molecular formula is C19H25Cl2N3O2. The van der Waals surface area contributed by atoms with Crippen LogP contribution >= 0.6 is 24.8 Å². The molecule has 26 heavy (non-hydrogen) atoms. The Morgan fingerprint density at radius 2 is 1.88 bits per heavy atom. The maximum atomic E-state index is 12.2. The highest BCUT2D eigenvalue weighted by Gasteiger charge is 2.20. The molecule has 1 aliphatic rings. The minimum Gasteiger partial charge on any atom is -0.383 e. The average molecular weight is 398 g/mol. The number of rotatable bonds is 6. The van der Waals surface area contributed by atoms with Gasteiger partial charge in [0.1, 0.15) is 6.04 Å². The van der Waals surface area contributed by atoms with Crippen LogP contribution in [0.3, 0.4) is 0 Å². The number of nitrogens with two attached hydrogens (primary N) is 1. The zero-order valence-corrected chi connectivity index (χ0v) is 16.3. The van der Waals surface area contributed by atoms with E-state index in [1.165, 1.54) is 18.4 Å². The van der Waals surface area contributed by atoms with Gasteiger partial charge in [0.25, 0.3) is 0 Å². The molecule has 0 bridgehead atoms. The highest BCUT2D eigenvalue weighted by atomic mass is 35.5. The lowest BCUT2D eigenvalue weighted by Gasteiger charge is -2.22. The van der Waals surface area contributed by atoms with Gasteiger partial charge < -0.3 is 20.7 Å². The van der Waals surface area contributed by atoms with E-state index >= 15 is 0 Å². The van der Waals surface area contributed by atoms with Gasteiger partial charge in [0, 0.05) is 31.6 Å². The first kappa shape index (κ1) is 22.3. The highest BCUT2D eigenvalue weighted by molar-refractivity contribution is 5.95. The zero-order chi connectivity index (χ0) is 16.9. The van der Waals surface area contributed by atoms with E-state index in [9.17, 15) is 4.79 Å². The number of carbonyl (C=O) groups is 1. The predicted octanol–water partition coefficient (Wildman–Crippen LogP) is 3.01. The second kappa shape index (κ2) is 10.4. The molecule has 3 rings (SSSR count). The Kier molecular flexibility index (Phi) is 8.88. The summed E-state index contributed by atoms with van der Waals surface area (Å²) in [5, 5.41) is 2.92. The molecule has 0 saturated heterocycles. The molecule has 2 aromatic rings. The van der Waals surface area contributed by atoms with Crippen LogP contribution in [0.2, 0.25) is 0 Å². The van der Waals surface area contributed by atoms with Crippen molar-refractivity contribution in [2.45, 2.75) is 19.0 Å². The number of anilines is 2. The molecule has 0 fully saturated rings. The van der Waals surface area contributed by atoms with Crippen LogP contribution < -0.4 is 16.0 Å². The number of hydrogen-bond acceptors (Lipinski definition) is 4. The number of para-hydroxylation sites is 2. The first-order chi connectivity index (χ1) is 11.7. The largest absolute Gasteiger partial charge is 0.383 e. The second-order valence-corrected chi connectivity index (χ2v) is 6.01. The minimum atomic E-state index is -0.671. The van der Waals surface area contributed by atoms with E-state index in [0.29, 0.717) is 0 Å². The van der Waals surface area contributed by atoms with E-state index in [2.05, 4.69) is 34.5 Å². The normalized spacial score (nSPS) is 13.2. The number of ether oxygens (including phenoxy) is 1. The minimum absolute atomic E-state index is 0. The average Bonchev–Trinajstić information content (AvgIpc) is 3.00. The molecule has 0 radical (unpaired) electrons. The summed E-state index contributed by atoms with van der Waals surface area (Å²) in [6.07, 6.45) is 1.06. The van der Waals surface area contributed by atoms with E-state index < -0.39 is 6.04 Å². The fourth-order valence-corrected chi connectivity index (χ4v) is 3.04. The maximum Gasteiger partial charge on any atom is 0.243 e. The van der Waals surface area contributed by atoms with E-state index in [0.717, 1.165) is 30.8 Å². The first-order valence-electron chi connectivity index (χ1n) is 8.15. The fraction of sp³-hybridized carbons (Fsp3) is 0.316. The number of benzene rings is 2. The molecular weight excluding hydrogens is 373 g/mol. The van der Waals surface area contributed by atoms with Crippen LogP contribution in [0.4, 0.5) is 11.4 Å². The van der Waals surface area contributed by atoms with Crippen LogP contribution in [0.25, 0.3) is 0 Å². The molecule has 1 heterocycles. The summed E-state index contributed by atoms with van der Waals surface area (Å²) >= 11 is 0. The zero-order valence-electron chi connectivity index (χ0n) is 14.7. The topological polar surface area (TPSA) is 67.6 Å². The van der Waals surface area contributed by atoms with Gasteiger partial charge in [-0.2, -0.15) is 0 Å². The Morgan fingerprint density at radius 1 is 1.19 bits per heavy atom. The molecule has 3 N–H and O–H groups in total. The molecule has 1 aliphatic heterocycles. The van der Waals surface area contributed by atoms with Crippen LogP contribution in [-0.4, -0.2) is 32.2 Å². The van der Waals surface area contributed by atoms with Crippen LogP contribution in [0, 0.1) is 0 Å². The Labute approximate surface area is 166 Å². The third kappa shape index (κ3) is 5.11. The number of hydrogen-bond donors (Lipinski definition) is 2. The maximum absolute atomic E-state index is 12.2. The lowest BCUT2D eigenvalue weighted by Crippen LogP contribution is -2.39. The molecule has 1 atom stereocenters. The van der Waals surface area contributed by atoms with Gasteiger partial charge in [-0.15, -0.1) is 24.8 Å². The molecule has 2 aromatic carbocycles. The van der Waals surface area contributed by atoms with Crippen molar-refractivity contribution in [2.75, 3.05) is 30.5 Å². The quantitative estimate of drug-likeness (QED) is 0.785. The lowest BCUT2D eigenvalue weighted by molar-refractivity contribution is -0.118. The van der Waals surface area contributed by atoms with Crippen molar-refractivity contribution in [1.29, 1.82) is 0 Å². The van der Waals surface area contributed by atoms with Crippen LogP contribution in [0.1, 0.15) is 11.1 Å². The Balaban J connectivity index is 0.00000169. The molecule has 1 amide bonds. The number of carbonyl (C=O) groups excluding carboxylic acids is 1. The Bertz CT molecular complexity index is 727. The standard InChI is InChI=1S/C19H23N3O2.2ClH/c1-24-13-16(20)19(23)21-17-8-4-2-7-15(17)12-22-11-10-14-6-3-5-9-18(14)22;;/h2-9,16H,10-13,20H2,1H3,(H,21,23);2*1H. The molecule has 7 heteroatoms. The van der Waals surface area contributed by atoms with E-state index in [-0.39, 0.29) is 37.3 Å². The monoisotopic (exact) mass is 397 g/mol. The number of methoxy groups -OCH3 is 1. The van der Waals surface area contributed by atoms with Gasteiger partial charge in [0.15, 0.2) is 0 Å². The molecule has 0 aromatic heterocycles. The van der Waals surface area contributed by atoms with Crippen molar-refractivity contribution >= 4 is 42.1 Å². The molecule has 142 valence electrons. The number of halogens is 2. The number of amides is 1. The van der Waals surface area contributed by atoms with Crippen molar-refractivity contribution < 1.29 is 9.53 Å². The van der Waals surface area contributed by atoms with Crippen molar-refractivity contribution in [1.82, 2.24) is 0 Å². The van der Waals surface area contributed by atoms with Crippen molar-refractivity contribution in [3.8, 4) is 0 Å². The smallest absolute Gasteiger partial charge is 0.243 e. The molecule has 0 aliphatic carbocycles. The predicted molar refractivity (Wildman–Crippen MR) is 111 cm³/mol. The van der Waals surface area contributed by atoms with E-state index in [4.69, 9.17) is 10.5 Å². The van der Waals surface area contributed by atoms with Gasteiger partial charge in [-0.25, -0.2) is 0 Å². The van der Waals surface area contributed by atoms with Crippen LogP contribution in [0.15, 0.2) is 48.5 Å². The van der Waals surface area contributed by atoms with Gasteiger partial charge in [0.2, 0.25) is 5.91 Å². The van der Waals surface area contributed by atoms with Gasteiger partial charge in [-0.05, 0) is 29.7 Å². The second-order valence-electron chi connectivity index (χ2n) is 6.01. The Hall–Kier alpha value is -1.79. The summed E-state index contributed by atoms with van der Waals surface area (Å²) in [5.41, 5.74) is 10.3. The number of nitrogens with zero attached hydrogens (tertiary/aromatic N) is 1. The third-order valence-electron chi connectivity index (χ3n) is 4.30. The van der Waals surface area contributed by atoms with Crippen molar-refractivity contribution in [3.05, 3.63) is 59.7 Å². The van der Waals surface area contributed by atoms with Gasteiger partial charge in [0.05, 0.1) is 6.61 Å². The summed E-state index contributed by atoms with van der Waals surface area (Å²) in [5.74, 6) is -0.230. The van der Waals surface area contributed by atoms with Crippen LogP contribution in [-0.2, 0) is 22.5 Å². The fourth-order valence-electron chi connectivity index (χ4n) is 3.04. The van der Waals surface area contributed by atoms with Crippen molar-refractivity contribution in [2.24, 2.45) is 5.73 Å². The SMILES string of the molecule is COCC(N)C(=O)Nc1ccccc1CN1CCc2ccccc21.Cl.Cl. The molecule has 0 saturated carbocycles. The van der Waals surface area contributed by atoms with Crippen molar-refractivity contribution in [3.63, 3.8) is 0 Å².